The van der Waals surface area contributed by atoms with Crippen LogP contribution in [0.15, 0.2) is 24.3 Å². The number of halogens is 1. The van der Waals surface area contributed by atoms with E-state index >= 15 is 0 Å². The van der Waals surface area contributed by atoms with Gasteiger partial charge in [0.25, 0.3) is 5.91 Å². The summed E-state index contributed by atoms with van der Waals surface area (Å²) < 4.78 is 11.0. The maximum atomic E-state index is 12.0. The van der Waals surface area contributed by atoms with Crippen LogP contribution in [-0.2, 0) is 9.53 Å². The number of hydrogen-bond acceptors (Lipinski definition) is 4. The first-order chi connectivity index (χ1) is 9.65. The molecular formula is C14H19ClN2O3. The van der Waals surface area contributed by atoms with E-state index in [9.17, 15) is 4.79 Å². The van der Waals surface area contributed by atoms with E-state index in [0.717, 1.165) is 13.1 Å². The summed E-state index contributed by atoms with van der Waals surface area (Å²) in [5.74, 6) is 0.556. The van der Waals surface area contributed by atoms with Gasteiger partial charge < -0.3 is 19.7 Å². The van der Waals surface area contributed by atoms with Gasteiger partial charge in [0.15, 0.2) is 6.61 Å². The summed E-state index contributed by atoms with van der Waals surface area (Å²) in [7, 11) is 1.76. The van der Waals surface area contributed by atoms with Crippen LogP contribution >= 0.6 is 11.6 Å². The number of benzene rings is 1. The molecule has 110 valence electrons. The molecule has 1 aromatic carbocycles. The Morgan fingerprint density at radius 3 is 2.90 bits per heavy atom. The second-order valence-corrected chi connectivity index (χ2v) is 5.15. The summed E-state index contributed by atoms with van der Waals surface area (Å²) in [5, 5.41) is 3.88. The van der Waals surface area contributed by atoms with Gasteiger partial charge in [-0.05, 0) is 24.3 Å². The number of likely N-dealkylation sites (N-methyl/N-ethyl adjacent to an activating group) is 1. The average molecular weight is 299 g/mol. The van der Waals surface area contributed by atoms with Gasteiger partial charge in [-0.1, -0.05) is 11.6 Å². The molecule has 1 atom stereocenters. The number of carbonyl (C=O) groups excluding carboxylic acids is 1. The summed E-state index contributed by atoms with van der Waals surface area (Å²) in [6.45, 7) is 2.91. The Bertz CT molecular complexity index is 433. The molecule has 1 unspecified atom stereocenters. The monoisotopic (exact) mass is 298 g/mol. The third-order valence-corrected chi connectivity index (χ3v) is 3.34. The van der Waals surface area contributed by atoms with Crippen molar-refractivity contribution < 1.29 is 14.3 Å². The van der Waals surface area contributed by atoms with Crippen LogP contribution in [0.25, 0.3) is 0 Å². The molecule has 1 heterocycles. The number of nitrogens with zero attached hydrogens (tertiary/aromatic N) is 1. The van der Waals surface area contributed by atoms with E-state index in [1.807, 2.05) is 0 Å². The van der Waals surface area contributed by atoms with Crippen LogP contribution < -0.4 is 10.1 Å². The van der Waals surface area contributed by atoms with E-state index in [2.05, 4.69) is 5.32 Å². The minimum Gasteiger partial charge on any atom is -0.484 e. The van der Waals surface area contributed by atoms with Gasteiger partial charge in [0.1, 0.15) is 5.75 Å². The highest BCUT2D eigenvalue weighted by atomic mass is 35.5. The summed E-state index contributed by atoms with van der Waals surface area (Å²) in [5.41, 5.74) is 0. The predicted octanol–water partition coefficient (Wildman–Crippen LogP) is 1.17. The minimum atomic E-state index is -0.0749. The van der Waals surface area contributed by atoms with E-state index in [0.29, 0.717) is 23.9 Å². The Hall–Kier alpha value is -1.30. The van der Waals surface area contributed by atoms with E-state index in [1.165, 1.54) is 0 Å². The van der Waals surface area contributed by atoms with Crippen molar-refractivity contribution in [2.45, 2.75) is 6.10 Å². The fraction of sp³-hybridized carbons (Fsp3) is 0.500. The molecule has 1 amide bonds. The first kappa shape index (κ1) is 15.1. The Labute approximate surface area is 123 Å². The largest absolute Gasteiger partial charge is 0.484 e. The third-order valence-electron chi connectivity index (χ3n) is 3.08. The number of nitrogens with one attached hydrogen (secondary N) is 1. The molecule has 0 aromatic heterocycles. The Balaban J connectivity index is 1.74. The first-order valence-electron chi connectivity index (χ1n) is 6.60. The highest BCUT2D eigenvalue weighted by molar-refractivity contribution is 6.30. The average Bonchev–Trinajstić information content (AvgIpc) is 2.47. The normalized spacial score (nSPS) is 18.6. The van der Waals surface area contributed by atoms with Crippen molar-refractivity contribution in [1.82, 2.24) is 10.2 Å². The van der Waals surface area contributed by atoms with Crippen molar-refractivity contribution in [2.24, 2.45) is 0 Å². The van der Waals surface area contributed by atoms with Crippen LogP contribution in [0.4, 0.5) is 0 Å². The number of ether oxygens (including phenoxy) is 2. The van der Waals surface area contributed by atoms with Gasteiger partial charge >= 0.3 is 0 Å². The van der Waals surface area contributed by atoms with Crippen molar-refractivity contribution >= 4 is 17.5 Å². The van der Waals surface area contributed by atoms with Gasteiger partial charge in [0.2, 0.25) is 0 Å². The standard InChI is InChI=1S/C14H19ClN2O3/c1-17(9-13-8-16-6-7-19-13)14(18)10-20-12-4-2-11(15)3-5-12/h2-5,13,16H,6-10H2,1H3. The van der Waals surface area contributed by atoms with Crippen LogP contribution in [-0.4, -0.2) is 56.8 Å². The summed E-state index contributed by atoms with van der Waals surface area (Å²) in [6, 6.07) is 6.94. The molecule has 0 spiro atoms. The van der Waals surface area contributed by atoms with Crippen LogP contribution in [0.2, 0.25) is 5.02 Å². The van der Waals surface area contributed by atoms with E-state index in [-0.39, 0.29) is 18.6 Å². The third kappa shape index (κ3) is 4.67. The highest BCUT2D eigenvalue weighted by Crippen LogP contribution is 2.15. The fourth-order valence-corrected chi connectivity index (χ4v) is 2.06. The quantitative estimate of drug-likeness (QED) is 0.886. The van der Waals surface area contributed by atoms with Crippen LogP contribution in [0, 0.1) is 0 Å². The zero-order valence-corrected chi connectivity index (χ0v) is 12.2. The molecule has 1 saturated heterocycles. The first-order valence-corrected chi connectivity index (χ1v) is 6.97. The molecule has 1 fully saturated rings. The second-order valence-electron chi connectivity index (χ2n) is 4.71. The molecule has 5 nitrogen and oxygen atoms in total. The number of carbonyl (C=O) groups is 1. The van der Waals surface area contributed by atoms with Crippen LogP contribution in [0.1, 0.15) is 0 Å². The van der Waals surface area contributed by atoms with Gasteiger partial charge in [-0.3, -0.25) is 4.79 Å². The molecule has 2 rings (SSSR count). The smallest absolute Gasteiger partial charge is 0.260 e. The van der Waals surface area contributed by atoms with Crippen LogP contribution in [0.5, 0.6) is 5.75 Å². The van der Waals surface area contributed by atoms with Crippen molar-refractivity contribution in [3.63, 3.8) is 0 Å². The molecule has 1 aliphatic heterocycles. The molecule has 0 aliphatic carbocycles. The van der Waals surface area contributed by atoms with E-state index in [4.69, 9.17) is 21.1 Å². The van der Waals surface area contributed by atoms with Gasteiger partial charge in [-0.2, -0.15) is 0 Å². The molecular weight excluding hydrogens is 280 g/mol. The molecule has 0 radical (unpaired) electrons. The summed E-state index contributed by atoms with van der Waals surface area (Å²) in [4.78, 5) is 13.6. The van der Waals surface area contributed by atoms with Crippen molar-refractivity contribution in [1.29, 1.82) is 0 Å². The maximum absolute atomic E-state index is 12.0. The van der Waals surface area contributed by atoms with E-state index < -0.39 is 0 Å². The lowest BCUT2D eigenvalue weighted by atomic mass is 10.3. The Kier molecular flexibility index (Phi) is 5.64. The lowest BCUT2D eigenvalue weighted by Crippen LogP contribution is -2.46. The molecule has 0 saturated carbocycles. The number of amides is 1. The van der Waals surface area contributed by atoms with Gasteiger partial charge in [0.05, 0.1) is 12.7 Å². The second kappa shape index (κ2) is 7.47. The lowest BCUT2D eigenvalue weighted by Gasteiger charge is -2.28. The topological polar surface area (TPSA) is 50.8 Å². The molecule has 1 N–H and O–H groups in total. The predicted molar refractivity (Wildman–Crippen MR) is 77.2 cm³/mol. The molecule has 6 heteroatoms. The number of hydrogen-bond donors (Lipinski definition) is 1. The van der Waals surface area contributed by atoms with Crippen molar-refractivity contribution in [3.05, 3.63) is 29.3 Å². The maximum Gasteiger partial charge on any atom is 0.260 e. The molecule has 0 bridgehead atoms. The minimum absolute atomic E-state index is 0.0122. The Morgan fingerprint density at radius 1 is 1.50 bits per heavy atom. The van der Waals surface area contributed by atoms with Gasteiger partial charge in [0, 0.05) is 31.7 Å². The van der Waals surface area contributed by atoms with Gasteiger partial charge in [-0.15, -0.1) is 0 Å². The zero-order valence-electron chi connectivity index (χ0n) is 11.5. The lowest BCUT2D eigenvalue weighted by molar-refractivity contribution is -0.134. The number of morpholine rings is 1. The molecule has 1 aromatic rings. The van der Waals surface area contributed by atoms with Crippen molar-refractivity contribution in [3.8, 4) is 5.75 Å². The SMILES string of the molecule is CN(CC1CNCCO1)C(=O)COc1ccc(Cl)cc1. The van der Waals surface area contributed by atoms with E-state index in [1.54, 1.807) is 36.2 Å². The zero-order chi connectivity index (χ0) is 14.4. The van der Waals surface area contributed by atoms with Crippen LogP contribution in [0.3, 0.4) is 0 Å². The fourth-order valence-electron chi connectivity index (χ4n) is 1.93. The molecule has 1 aliphatic rings. The molecule has 20 heavy (non-hydrogen) atoms. The highest BCUT2D eigenvalue weighted by Gasteiger charge is 2.18. The number of rotatable bonds is 5. The summed E-state index contributed by atoms with van der Waals surface area (Å²) >= 11 is 5.78. The van der Waals surface area contributed by atoms with Crippen molar-refractivity contribution in [2.75, 3.05) is 39.9 Å². The summed E-state index contributed by atoms with van der Waals surface area (Å²) in [6.07, 6.45) is 0.0493. The Morgan fingerprint density at radius 2 is 2.25 bits per heavy atom. The van der Waals surface area contributed by atoms with Gasteiger partial charge in [-0.25, -0.2) is 0 Å².